The van der Waals surface area contributed by atoms with Crippen molar-refractivity contribution >= 4 is 39.0 Å². The van der Waals surface area contributed by atoms with Crippen LogP contribution in [0, 0.1) is 12.7 Å². The number of anilines is 2. The van der Waals surface area contributed by atoms with Crippen LogP contribution in [-0.2, 0) is 19.6 Å². The zero-order valence-corrected chi connectivity index (χ0v) is 18.4. The van der Waals surface area contributed by atoms with Crippen LogP contribution in [0.4, 0.5) is 16.0 Å². The summed E-state index contributed by atoms with van der Waals surface area (Å²) < 4.78 is 46.9. The average molecular weight is 477 g/mol. The van der Waals surface area contributed by atoms with Gasteiger partial charge in [0.05, 0.1) is 17.3 Å². The van der Waals surface area contributed by atoms with Crippen LogP contribution in [0.1, 0.15) is 5.56 Å². The fourth-order valence-electron chi connectivity index (χ4n) is 3.14. The predicted octanol–water partition coefficient (Wildman–Crippen LogP) is 3.43. The Morgan fingerprint density at radius 2 is 1.94 bits per heavy atom. The van der Waals surface area contributed by atoms with Crippen molar-refractivity contribution in [3.05, 3.63) is 64.9 Å². The maximum Gasteiger partial charge on any atom is 0.280 e. The van der Waals surface area contributed by atoms with Crippen LogP contribution < -0.4 is 10.0 Å². The predicted molar refractivity (Wildman–Crippen MR) is 118 cm³/mol. The van der Waals surface area contributed by atoms with Crippen molar-refractivity contribution in [3.63, 3.8) is 0 Å². The number of nitrogens with zero attached hydrogens (tertiary/aromatic N) is 2. The SMILES string of the molecule is Cc1ccc(F)cc1-c1nc(NS(=O)(=O)c2cccc(NC3COCC3=O)n2)ccc1Cl. The van der Waals surface area contributed by atoms with E-state index in [1.165, 1.54) is 36.4 Å². The lowest BCUT2D eigenvalue weighted by Crippen LogP contribution is -2.28. The minimum absolute atomic E-state index is 0.00652. The van der Waals surface area contributed by atoms with Crippen LogP contribution in [0.2, 0.25) is 5.02 Å². The number of nitrogens with one attached hydrogen (secondary N) is 2. The highest BCUT2D eigenvalue weighted by Gasteiger charge is 2.26. The second-order valence-electron chi connectivity index (χ2n) is 7.13. The molecule has 0 saturated carbocycles. The Balaban J connectivity index is 1.61. The van der Waals surface area contributed by atoms with Gasteiger partial charge in [-0.2, -0.15) is 8.42 Å². The first-order chi connectivity index (χ1) is 15.2. The molecule has 2 N–H and O–H groups in total. The van der Waals surface area contributed by atoms with Gasteiger partial charge in [0, 0.05) is 5.56 Å². The van der Waals surface area contributed by atoms with E-state index < -0.39 is 21.9 Å². The minimum atomic E-state index is -4.11. The average Bonchev–Trinajstić information content (AvgIpc) is 3.16. The number of halogens is 2. The minimum Gasteiger partial charge on any atom is -0.371 e. The van der Waals surface area contributed by atoms with Gasteiger partial charge in [-0.1, -0.05) is 23.7 Å². The van der Waals surface area contributed by atoms with Gasteiger partial charge in [0.2, 0.25) is 0 Å². The van der Waals surface area contributed by atoms with E-state index >= 15 is 0 Å². The van der Waals surface area contributed by atoms with Gasteiger partial charge < -0.3 is 10.1 Å². The standard InChI is InChI=1S/C21H18ClFN4O4S/c1-12-5-6-13(23)9-14(12)21-15(22)7-8-19(26-21)27-32(29,30)20-4-2-3-18(25-20)24-16-10-31-11-17(16)28/h2-9,16H,10-11H2,1H3,(H,24,25)(H,26,27). The van der Waals surface area contributed by atoms with Gasteiger partial charge >= 0.3 is 0 Å². The third-order valence-corrected chi connectivity index (χ3v) is 6.34. The maximum absolute atomic E-state index is 13.7. The number of carbonyl (C=O) groups is 1. The van der Waals surface area contributed by atoms with Gasteiger partial charge in [-0.25, -0.2) is 14.4 Å². The number of sulfonamides is 1. The molecule has 0 spiro atoms. The number of ether oxygens (including phenoxy) is 1. The maximum atomic E-state index is 13.7. The van der Waals surface area contributed by atoms with Crippen molar-refractivity contribution in [3.8, 4) is 11.3 Å². The molecule has 32 heavy (non-hydrogen) atoms. The monoisotopic (exact) mass is 476 g/mol. The molecule has 11 heteroatoms. The Morgan fingerprint density at radius 1 is 1.12 bits per heavy atom. The molecule has 2 aromatic heterocycles. The molecule has 1 aliphatic heterocycles. The number of hydrogen-bond acceptors (Lipinski definition) is 7. The van der Waals surface area contributed by atoms with E-state index in [0.717, 1.165) is 5.56 Å². The normalized spacial score (nSPS) is 16.2. The van der Waals surface area contributed by atoms with Crippen LogP contribution >= 0.6 is 11.6 Å². The van der Waals surface area contributed by atoms with Crippen molar-refractivity contribution in [1.82, 2.24) is 9.97 Å². The van der Waals surface area contributed by atoms with Crippen molar-refractivity contribution in [2.24, 2.45) is 0 Å². The molecule has 0 amide bonds. The second kappa shape index (κ2) is 8.81. The number of Topliss-reactive ketones (excluding diaryl/α,β-unsaturated/α-hetero) is 1. The molecule has 166 valence electrons. The number of hydrogen-bond donors (Lipinski definition) is 2. The van der Waals surface area contributed by atoms with Crippen LogP contribution in [0.15, 0.2) is 53.6 Å². The Morgan fingerprint density at radius 3 is 2.69 bits per heavy atom. The van der Waals surface area contributed by atoms with Crippen LogP contribution in [0.25, 0.3) is 11.3 Å². The number of carbonyl (C=O) groups excluding carboxylic acids is 1. The molecule has 1 aromatic carbocycles. The third-order valence-electron chi connectivity index (χ3n) is 4.78. The Kier molecular flexibility index (Phi) is 6.09. The molecule has 3 heterocycles. The molecular formula is C21H18ClFN4O4S. The topological polar surface area (TPSA) is 110 Å². The van der Waals surface area contributed by atoms with Crippen LogP contribution in [0.5, 0.6) is 0 Å². The Bertz CT molecular complexity index is 1300. The first kappa shape index (κ1) is 22.1. The van der Waals surface area contributed by atoms with Gasteiger partial charge in [0.25, 0.3) is 10.0 Å². The molecule has 8 nitrogen and oxygen atoms in total. The number of benzene rings is 1. The number of rotatable bonds is 6. The fourth-order valence-corrected chi connectivity index (χ4v) is 4.32. The van der Waals surface area contributed by atoms with E-state index in [2.05, 4.69) is 20.0 Å². The van der Waals surface area contributed by atoms with Gasteiger partial charge in [0.15, 0.2) is 10.8 Å². The summed E-state index contributed by atoms with van der Waals surface area (Å²) in [5.74, 6) is -0.387. The summed E-state index contributed by atoms with van der Waals surface area (Å²) in [6.45, 7) is 1.96. The van der Waals surface area contributed by atoms with E-state index in [-0.39, 0.29) is 46.4 Å². The van der Waals surface area contributed by atoms with Crippen molar-refractivity contribution in [2.45, 2.75) is 18.0 Å². The number of ketones is 1. The largest absolute Gasteiger partial charge is 0.371 e. The van der Waals surface area contributed by atoms with Crippen molar-refractivity contribution in [1.29, 1.82) is 0 Å². The number of pyridine rings is 2. The molecule has 1 saturated heterocycles. The summed E-state index contributed by atoms with van der Waals surface area (Å²) in [6, 6.07) is 10.8. The molecule has 1 atom stereocenters. The Hall–Kier alpha value is -3.08. The van der Waals surface area contributed by atoms with E-state index in [0.29, 0.717) is 5.56 Å². The van der Waals surface area contributed by atoms with E-state index in [9.17, 15) is 17.6 Å². The van der Waals surface area contributed by atoms with E-state index in [1.54, 1.807) is 19.1 Å². The second-order valence-corrected chi connectivity index (χ2v) is 9.17. The Labute approximate surface area is 188 Å². The zero-order chi connectivity index (χ0) is 22.9. The summed E-state index contributed by atoms with van der Waals surface area (Å²) in [5, 5.41) is 2.85. The number of aromatic nitrogens is 2. The highest BCUT2D eigenvalue weighted by molar-refractivity contribution is 7.92. The van der Waals surface area contributed by atoms with Crippen molar-refractivity contribution in [2.75, 3.05) is 23.3 Å². The molecule has 1 aliphatic rings. The highest BCUT2D eigenvalue weighted by atomic mass is 35.5. The lowest BCUT2D eigenvalue weighted by molar-refractivity contribution is -0.118. The van der Waals surface area contributed by atoms with E-state index in [1.807, 2.05) is 0 Å². The van der Waals surface area contributed by atoms with Crippen LogP contribution in [0.3, 0.4) is 0 Å². The van der Waals surface area contributed by atoms with E-state index in [4.69, 9.17) is 16.3 Å². The molecule has 3 aromatic rings. The van der Waals surface area contributed by atoms with Crippen LogP contribution in [-0.4, -0.2) is 43.4 Å². The molecular weight excluding hydrogens is 459 g/mol. The summed E-state index contributed by atoms with van der Waals surface area (Å²) in [5.41, 5.74) is 1.42. The molecule has 0 radical (unpaired) electrons. The summed E-state index contributed by atoms with van der Waals surface area (Å²) in [4.78, 5) is 20.1. The summed E-state index contributed by atoms with van der Waals surface area (Å²) in [7, 11) is -4.11. The quantitative estimate of drug-likeness (QED) is 0.560. The van der Waals surface area contributed by atoms with Gasteiger partial charge in [-0.05, 0) is 48.9 Å². The molecule has 1 fully saturated rings. The first-order valence-corrected chi connectivity index (χ1v) is 11.4. The molecule has 4 rings (SSSR count). The smallest absolute Gasteiger partial charge is 0.280 e. The molecule has 0 bridgehead atoms. The lowest BCUT2D eigenvalue weighted by atomic mass is 10.0. The summed E-state index contributed by atoms with van der Waals surface area (Å²) in [6.07, 6.45) is 0. The first-order valence-electron chi connectivity index (χ1n) is 9.53. The number of aryl methyl sites for hydroxylation is 1. The summed E-state index contributed by atoms with van der Waals surface area (Å²) >= 11 is 6.24. The molecule has 0 aliphatic carbocycles. The van der Waals surface area contributed by atoms with Gasteiger partial charge in [0.1, 0.15) is 30.1 Å². The van der Waals surface area contributed by atoms with Crippen molar-refractivity contribution < 1.29 is 22.3 Å². The van der Waals surface area contributed by atoms with Gasteiger partial charge in [-0.3, -0.25) is 9.52 Å². The highest BCUT2D eigenvalue weighted by Crippen LogP contribution is 2.31. The third kappa shape index (κ3) is 4.72. The fraction of sp³-hybridized carbons (Fsp3) is 0.190. The zero-order valence-electron chi connectivity index (χ0n) is 16.8. The molecule has 1 unspecified atom stereocenters. The van der Waals surface area contributed by atoms with Gasteiger partial charge in [-0.15, -0.1) is 0 Å². The lowest BCUT2D eigenvalue weighted by Gasteiger charge is -2.13.